The number of hydrogen-bond donors (Lipinski definition) is 2. The molecule has 0 atom stereocenters. The van der Waals surface area contributed by atoms with Crippen LogP contribution < -0.4 is 5.32 Å². The molecule has 1 aliphatic heterocycles. The van der Waals surface area contributed by atoms with E-state index in [1.54, 1.807) is 6.33 Å². The van der Waals surface area contributed by atoms with Crippen molar-refractivity contribution < 1.29 is 0 Å². The average molecular weight is 210 g/mol. The minimum Gasteiger partial charge on any atom is -0.348 e. The van der Waals surface area contributed by atoms with Crippen molar-refractivity contribution in [2.45, 2.75) is 12.8 Å². The van der Waals surface area contributed by atoms with Crippen LogP contribution in [-0.4, -0.2) is 23.1 Å². The van der Waals surface area contributed by atoms with E-state index < -0.39 is 0 Å². The van der Waals surface area contributed by atoms with Crippen LogP contribution in [0.2, 0.25) is 0 Å². The van der Waals surface area contributed by atoms with Crippen LogP contribution in [0.3, 0.4) is 0 Å². The molecule has 0 radical (unpaired) electrons. The third-order valence-corrected chi connectivity index (χ3v) is 1.90. The van der Waals surface area contributed by atoms with Crippen LogP contribution >= 0.6 is 24.8 Å². The number of nitrogens with one attached hydrogen (secondary N) is 2. The second-order valence-corrected chi connectivity index (χ2v) is 2.58. The highest BCUT2D eigenvalue weighted by Gasteiger charge is 2.07. The van der Waals surface area contributed by atoms with Crippen molar-refractivity contribution in [1.29, 1.82) is 0 Å². The lowest BCUT2D eigenvalue weighted by Crippen LogP contribution is -2.16. The highest BCUT2D eigenvalue weighted by molar-refractivity contribution is 5.85. The molecular weight excluding hydrogens is 197 g/mol. The van der Waals surface area contributed by atoms with Crippen molar-refractivity contribution in [1.82, 2.24) is 15.3 Å². The van der Waals surface area contributed by atoms with Crippen LogP contribution in [-0.2, 0) is 12.8 Å². The molecule has 0 unspecified atom stereocenters. The molecule has 0 fully saturated rings. The van der Waals surface area contributed by atoms with E-state index in [2.05, 4.69) is 15.3 Å². The summed E-state index contributed by atoms with van der Waals surface area (Å²) in [5.74, 6) is 0. The van der Waals surface area contributed by atoms with E-state index in [-0.39, 0.29) is 24.8 Å². The van der Waals surface area contributed by atoms with Gasteiger partial charge in [0.2, 0.25) is 0 Å². The summed E-state index contributed by atoms with van der Waals surface area (Å²) in [4.78, 5) is 7.37. The number of aromatic nitrogens is 2. The highest BCUT2D eigenvalue weighted by atomic mass is 35.5. The van der Waals surface area contributed by atoms with E-state index in [1.807, 2.05) is 0 Å². The quantitative estimate of drug-likeness (QED) is 0.669. The highest BCUT2D eigenvalue weighted by Crippen LogP contribution is 2.05. The summed E-state index contributed by atoms with van der Waals surface area (Å²) >= 11 is 0. The molecule has 0 bridgehead atoms. The fraction of sp³-hybridized carbons (Fsp3) is 0.571. The zero-order valence-corrected chi connectivity index (χ0v) is 8.30. The Morgan fingerprint density at radius 3 is 2.75 bits per heavy atom. The molecule has 1 aliphatic rings. The SMILES string of the molecule is Cl.Cl.c1nc2c([nH]1)CCNCC2. The Bertz CT molecular complexity index is 204. The average Bonchev–Trinajstić information content (AvgIpc) is 2.28. The number of H-pyrrole nitrogens is 1. The standard InChI is InChI=1S/C7H11N3.2ClH/c1-3-8-4-2-7-6(1)9-5-10-7;;/h5,8H,1-4H2,(H,9,10);2*1H. The lowest BCUT2D eigenvalue weighted by atomic mass is 10.2. The number of aromatic amines is 1. The van der Waals surface area contributed by atoms with Crippen molar-refractivity contribution in [3.8, 4) is 0 Å². The Kier molecular flexibility index (Phi) is 5.29. The zero-order valence-electron chi connectivity index (χ0n) is 6.67. The molecule has 2 rings (SSSR count). The van der Waals surface area contributed by atoms with Gasteiger partial charge in [0.15, 0.2) is 0 Å². The number of nitrogens with zero attached hydrogens (tertiary/aromatic N) is 1. The maximum Gasteiger partial charge on any atom is 0.0925 e. The minimum atomic E-state index is 0. The molecule has 5 heteroatoms. The van der Waals surface area contributed by atoms with Gasteiger partial charge in [0, 0.05) is 31.6 Å². The molecular formula is C7H13Cl2N3. The van der Waals surface area contributed by atoms with Gasteiger partial charge in [-0.2, -0.15) is 0 Å². The fourth-order valence-corrected chi connectivity index (χ4v) is 1.33. The number of imidazole rings is 1. The molecule has 0 saturated carbocycles. The van der Waals surface area contributed by atoms with Crippen molar-refractivity contribution >= 4 is 24.8 Å². The molecule has 0 saturated heterocycles. The molecule has 70 valence electrons. The van der Waals surface area contributed by atoms with E-state index in [0.29, 0.717) is 0 Å². The van der Waals surface area contributed by atoms with Crippen molar-refractivity contribution in [3.63, 3.8) is 0 Å². The molecule has 0 aliphatic carbocycles. The molecule has 0 spiro atoms. The summed E-state index contributed by atoms with van der Waals surface area (Å²) in [6.07, 6.45) is 3.95. The molecule has 0 amide bonds. The van der Waals surface area contributed by atoms with Gasteiger partial charge in [-0.3, -0.25) is 0 Å². The van der Waals surface area contributed by atoms with E-state index >= 15 is 0 Å². The molecule has 2 N–H and O–H groups in total. The maximum absolute atomic E-state index is 4.22. The summed E-state index contributed by atoms with van der Waals surface area (Å²) in [5.41, 5.74) is 2.55. The molecule has 1 aromatic heterocycles. The van der Waals surface area contributed by atoms with Crippen LogP contribution in [0.4, 0.5) is 0 Å². The van der Waals surface area contributed by atoms with Crippen LogP contribution in [0.1, 0.15) is 11.4 Å². The number of fused-ring (bicyclic) bond motifs is 1. The Balaban J connectivity index is 0.000000605. The van der Waals surface area contributed by atoms with Gasteiger partial charge in [-0.1, -0.05) is 0 Å². The minimum absolute atomic E-state index is 0. The molecule has 1 aromatic rings. The fourth-order valence-electron chi connectivity index (χ4n) is 1.33. The van der Waals surface area contributed by atoms with Crippen molar-refractivity contribution in [3.05, 3.63) is 17.7 Å². The summed E-state index contributed by atoms with van der Waals surface area (Å²) in [6, 6.07) is 0. The zero-order chi connectivity index (χ0) is 6.81. The lowest BCUT2D eigenvalue weighted by Gasteiger charge is -1.93. The summed E-state index contributed by atoms with van der Waals surface area (Å²) in [7, 11) is 0. The van der Waals surface area contributed by atoms with Crippen molar-refractivity contribution in [2.24, 2.45) is 0 Å². The lowest BCUT2D eigenvalue weighted by molar-refractivity contribution is 0.703. The summed E-state index contributed by atoms with van der Waals surface area (Å²) < 4.78 is 0. The monoisotopic (exact) mass is 209 g/mol. The van der Waals surface area contributed by atoms with Crippen LogP contribution in [0, 0.1) is 0 Å². The molecule has 0 aromatic carbocycles. The van der Waals surface area contributed by atoms with Crippen LogP contribution in [0.5, 0.6) is 0 Å². The van der Waals surface area contributed by atoms with Gasteiger partial charge in [-0.25, -0.2) is 4.98 Å². The van der Waals surface area contributed by atoms with E-state index in [1.165, 1.54) is 11.4 Å². The Morgan fingerprint density at radius 2 is 1.92 bits per heavy atom. The second-order valence-electron chi connectivity index (χ2n) is 2.58. The van der Waals surface area contributed by atoms with Crippen molar-refractivity contribution in [2.75, 3.05) is 13.1 Å². The summed E-state index contributed by atoms with van der Waals surface area (Å²) in [6.45, 7) is 2.15. The Hall–Kier alpha value is -0.250. The van der Waals surface area contributed by atoms with E-state index in [4.69, 9.17) is 0 Å². The van der Waals surface area contributed by atoms with Gasteiger partial charge < -0.3 is 10.3 Å². The maximum atomic E-state index is 4.22. The third kappa shape index (κ3) is 2.37. The van der Waals surface area contributed by atoms with Gasteiger partial charge >= 0.3 is 0 Å². The molecule has 2 heterocycles. The first kappa shape index (κ1) is 11.8. The topological polar surface area (TPSA) is 40.7 Å². The van der Waals surface area contributed by atoms with Gasteiger partial charge in [0.25, 0.3) is 0 Å². The number of rotatable bonds is 0. The van der Waals surface area contributed by atoms with E-state index in [9.17, 15) is 0 Å². The van der Waals surface area contributed by atoms with Gasteiger partial charge in [-0.05, 0) is 0 Å². The van der Waals surface area contributed by atoms with Gasteiger partial charge in [0.05, 0.1) is 12.0 Å². The first-order valence-corrected chi connectivity index (χ1v) is 3.68. The first-order chi connectivity index (χ1) is 4.97. The van der Waals surface area contributed by atoms with Gasteiger partial charge in [0.1, 0.15) is 0 Å². The second kappa shape index (κ2) is 5.41. The smallest absolute Gasteiger partial charge is 0.0925 e. The Morgan fingerprint density at radius 1 is 1.17 bits per heavy atom. The first-order valence-electron chi connectivity index (χ1n) is 3.68. The van der Waals surface area contributed by atoms with Crippen LogP contribution in [0.15, 0.2) is 6.33 Å². The predicted molar refractivity (Wildman–Crippen MR) is 53.4 cm³/mol. The number of halogens is 2. The predicted octanol–water partition coefficient (Wildman–Crippen LogP) is 0.941. The normalized spacial score (nSPS) is 15.0. The van der Waals surface area contributed by atoms with Crippen LogP contribution in [0.25, 0.3) is 0 Å². The molecule has 3 nitrogen and oxygen atoms in total. The summed E-state index contributed by atoms with van der Waals surface area (Å²) in [5, 5.41) is 3.32. The largest absolute Gasteiger partial charge is 0.348 e. The number of hydrogen-bond acceptors (Lipinski definition) is 2. The third-order valence-electron chi connectivity index (χ3n) is 1.90. The van der Waals surface area contributed by atoms with Gasteiger partial charge in [-0.15, -0.1) is 24.8 Å². The Labute approximate surface area is 84.2 Å². The molecule has 12 heavy (non-hydrogen) atoms. The van der Waals surface area contributed by atoms with E-state index in [0.717, 1.165) is 25.9 Å².